The zero-order chi connectivity index (χ0) is 22.1. The first-order valence-corrected chi connectivity index (χ1v) is 11.6. The Morgan fingerprint density at radius 3 is 2.20 bits per heavy atom. The summed E-state index contributed by atoms with van der Waals surface area (Å²) in [7, 11) is -0.811. The molecule has 0 aromatic heterocycles. The number of carbonyl (C=O) groups excluding carboxylic acids is 2. The van der Waals surface area contributed by atoms with Crippen LogP contribution in [0.15, 0.2) is 47.4 Å². The summed E-state index contributed by atoms with van der Waals surface area (Å²) >= 11 is 6.20. The van der Waals surface area contributed by atoms with E-state index in [1.807, 2.05) is 31.2 Å². The minimum Gasteiger partial charge on any atom is -0.339 e. The number of hydrogen-bond acceptors (Lipinski definition) is 4. The highest BCUT2D eigenvalue weighted by Crippen LogP contribution is 2.27. The molecule has 1 heterocycles. The van der Waals surface area contributed by atoms with Crippen molar-refractivity contribution >= 4 is 33.3 Å². The molecule has 1 saturated heterocycles. The standard InChI is InChI=1S/C22H25ClN2O4S/c1-15-4-6-16(7-5-15)21(26)17-10-12-25(13-11-17)22(27)19-14-18(8-9-20(19)23)30(28,29)24(2)3/h4-9,14,17H,10-13H2,1-3H3. The molecule has 8 heteroatoms. The molecule has 1 fully saturated rings. The molecule has 1 amide bonds. The molecule has 2 aromatic rings. The van der Waals surface area contributed by atoms with E-state index < -0.39 is 10.0 Å². The number of benzene rings is 2. The highest BCUT2D eigenvalue weighted by Gasteiger charge is 2.30. The lowest BCUT2D eigenvalue weighted by molar-refractivity contribution is 0.0650. The van der Waals surface area contributed by atoms with Crippen molar-refractivity contribution in [3.63, 3.8) is 0 Å². The van der Waals surface area contributed by atoms with Gasteiger partial charge in [0, 0.05) is 38.7 Å². The summed E-state index contributed by atoms with van der Waals surface area (Å²) in [6, 6.07) is 11.7. The molecule has 0 N–H and O–H groups in total. The number of likely N-dealkylation sites (tertiary alicyclic amines) is 1. The maximum Gasteiger partial charge on any atom is 0.255 e. The Hall–Kier alpha value is -2.22. The van der Waals surface area contributed by atoms with Crippen molar-refractivity contribution in [1.82, 2.24) is 9.21 Å². The van der Waals surface area contributed by atoms with E-state index >= 15 is 0 Å². The van der Waals surface area contributed by atoms with Gasteiger partial charge >= 0.3 is 0 Å². The van der Waals surface area contributed by atoms with Gasteiger partial charge in [-0.1, -0.05) is 41.4 Å². The van der Waals surface area contributed by atoms with Gasteiger partial charge in [-0.25, -0.2) is 12.7 Å². The van der Waals surface area contributed by atoms with Crippen LogP contribution >= 0.6 is 11.6 Å². The Bertz CT molecular complexity index is 1060. The summed E-state index contributed by atoms with van der Waals surface area (Å²) in [4.78, 5) is 27.4. The highest BCUT2D eigenvalue weighted by atomic mass is 35.5. The van der Waals surface area contributed by atoms with Gasteiger partial charge in [0.15, 0.2) is 5.78 Å². The van der Waals surface area contributed by atoms with Gasteiger partial charge in [0.2, 0.25) is 10.0 Å². The fraction of sp³-hybridized carbons (Fsp3) is 0.364. The van der Waals surface area contributed by atoms with Crippen LogP contribution in [-0.2, 0) is 10.0 Å². The van der Waals surface area contributed by atoms with Crippen LogP contribution in [0.1, 0.15) is 39.1 Å². The maximum absolute atomic E-state index is 13.0. The van der Waals surface area contributed by atoms with Crippen molar-refractivity contribution in [2.75, 3.05) is 27.2 Å². The molecule has 160 valence electrons. The zero-order valence-electron chi connectivity index (χ0n) is 17.3. The molecule has 1 aliphatic heterocycles. The van der Waals surface area contributed by atoms with Crippen molar-refractivity contribution in [3.05, 3.63) is 64.2 Å². The average Bonchev–Trinajstić information content (AvgIpc) is 2.73. The third-order valence-corrected chi connectivity index (χ3v) is 7.58. The van der Waals surface area contributed by atoms with Crippen LogP contribution in [0.3, 0.4) is 0 Å². The van der Waals surface area contributed by atoms with Crippen LogP contribution in [0.25, 0.3) is 0 Å². The van der Waals surface area contributed by atoms with Gasteiger partial charge < -0.3 is 4.90 Å². The summed E-state index contributed by atoms with van der Waals surface area (Å²) in [6.07, 6.45) is 1.12. The molecule has 6 nitrogen and oxygen atoms in total. The van der Waals surface area contributed by atoms with Gasteiger partial charge in [-0.05, 0) is 38.0 Å². The number of halogens is 1. The molecule has 0 unspecified atom stereocenters. The monoisotopic (exact) mass is 448 g/mol. The number of piperidine rings is 1. The molecule has 1 aliphatic rings. The van der Waals surface area contributed by atoms with Crippen LogP contribution < -0.4 is 0 Å². The Kier molecular flexibility index (Phi) is 6.65. The van der Waals surface area contributed by atoms with Gasteiger partial charge in [-0.3, -0.25) is 9.59 Å². The Morgan fingerprint density at radius 1 is 1.03 bits per heavy atom. The van der Waals surface area contributed by atoms with Crippen LogP contribution in [0.4, 0.5) is 0 Å². The quantitative estimate of drug-likeness (QED) is 0.654. The summed E-state index contributed by atoms with van der Waals surface area (Å²) in [6.45, 7) is 2.81. The largest absolute Gasteiger partial charge is 0.339 e. The normalized spacial score (nSPS) is 15.4. The molecule has 30 heavy (non-hydrogen) atoms. The number of rotatable bonds is 5. The molecule has 3 rings (SSSR count). The Balaban J connectivity index is 1.72. The molecular formula is C22H25ClN2O4S. The smallest absolute Gasteiger partial charge is 0.255 e. The second kappa shape index (κ2) is 8.88. The van der Waals surface area contributed by atoms with Crippen molar-refractivity contribution in [2.45, 2.75) is 24.7 Å². The first-order valence-electron chi connectivity index (χ1n) is 9.73. The van der Waals surface area contributed by atoms with Gasteiger partial charge in [0.05, 0.1) is 15.5 Å². The fourth-order valence-electron chi connectivity index (χ4n) is 3.51. The second-order valence-electron chi connectivity index (χ2n) is 7.73. The van der Waals surface area contributed by atoms with E-state index in [0.717, 1.165) is 9.87 Å². The van der Waals surface area contributed by atoms with Crippen molar-refractivity contribution in [3.8, 4) is 0 Å². The maximum atomic E-state index is 13.0. The van der Waals surface area contributed by atoms with Gasteiger partial charge in [-0.2, -0.15) is 0 Å². The van der Waals surface area contributed by atoms with Crippen molar-refractivity contribution in [1.29, 1.82) is 0 Å². The molecule has 0 saturated carbocycles. The Labute approximate surface area is 182 Å². The number of hydrogen-bond donors (Lipinski definition) is 0. The minimum atomic E-state index is -3.67. The van der Waals surface area contributed by atoms with Crippen LogP contribution in [-0.4, -0.2) is 56.5 Å². The predicted octanol–water partition coefficient (Wildman–Crippen LogP) is 3.63. The number of sulfonamides is 1. The van der Waals surface area contributed by atoms with E-state index in [9.17, 15) is 18.0 Å². The van der Waals surface area contributed by atoms with Crippen molar-refractivity contribution < 1.29 is 18.0 Å². The zero-order valence-corrected chi connectivity index (χ0v) is 18.8. The summed E-state index contributed by atoms with van der Waals surface area (Å²) in [5, 5.41) is 0.204. The average molecular weight is 449 g/mol. The third kappa shape index (κ3) is 4.58. The topological polar surface area (TPSA) is 74.8 Å². The number of ketones is 1. The van der Waals surface area contributed by atoms with E-state index in [-0.39, 0.29) is 33.1 Å². The van der Waals surface area contributed by atoms with Crippen molar-refractivity contribution in [2.24, 2.45) is 5.92 Å². The number of amides is 1. The van der Waals surface area contributed by atoms with E-state index in [0.29, 0.717) is 31.5 Å². The molecule has 0 spiro atoms. The summed E-state index contributed by atoms with van der Waals surface area (Å²) in [5.41, 5.74) is 1.94. The predicted molar refractivity (Wildman–Crippen MR) is 116 cm³/mol. The minimum absolute atomic E-state index is 0.0182. The fourth-order valence-corrected chi connectivity index (χ4v) is 4.64. The van der Waals surface area contributed by atoms with E-state index in [1.54, 1.807) is 4.90 Å². The number of carbonyl (C=O) groups is 2. The SMILES string of the molecule is Cc1ccc(C(=O)C2CCN(C(=O)c3cc(S(=O)(=O)N(C)C)ccc3Cl)CC2)cc1. The summed E-state index contributed by atoms with van der Waals surface area (Å²) in [5.74, 6) is -0.357. The van der Waals surface area contributed by atoms with E-state index in [2.05, 4.69) is 0 Å². The van der Waals surface area contributed by atoms with Gasteiger partial charge in [0.25, 0.3) is 5.91 Å². The van der Waals surface area contributed by atoms with E-state index in [4.69, 9.17) is 11.6 Å². The molecule has 2 aromatic carbocycles. The lowest BCUT2D eigenvalue weighted by Crippen LogP contribution is -2.40. The lowest BCUT2D eigenvalue weighted by Gasteiger charge is -2.31. The molecule has 0 atom stereocenters. The van der Waals surface area contributed by atoms with Gasteiger partial charge in [0.1, 0.15) is 0 Å². The molecular weight excluding hydrogens is 424 g/mol. The second-order valence-corrected chi connectivity index (χ2v) is 10.3. The van der Waals surface area contributed by atoms with Crippen LogP contribution in [0.2, 0.25) is 5.02 Å². The molecule has 0 aliphatic carbocycles. The number of aryl methyl sites for hydroxylation is 1. The Morgan fingerprint density at radius 2 is 1.63 bits per heavy atom. The van der Waals surface area contributed by atoms with E-state index in [1.165, 1.54) is 32.3 Å². The summed E-state index contributed by atoms with van der Waals surface area (Å²) < 4.78 is 25.9. The molecule has 0 bridgehead atoms. The third-order valence-electron chi connectivity index (χ3n) is 5.44. The van der Waals surface area contributed by atoms with Crippen LogP contribution in [0.5, 0.6) is 0 Å². The number of Topliss-reactive ketones (excluding diaryl/α,β-unsaturated/α-hetero) is 1. The first-order chi connectivity index (χ1) is 14.1. The van der Waals surface area contributed by atoms with Crippen LogP contribution in [0, 0.1) is 12.8 Å². The highest BCUT2D eigenvalue weighted by molar-refractivity contribution is 7.89. The number of nitrogens with zero attached hydrogens (tertiary/aromatic N) is 2. The lowest BCUT2D eigenvalue weighted by atomic mass is 9.88. The van der Waals surface area contributed by atoms with Gasteiger partial charge in [-0.15, -0.1) is 0 Å². The molecule has 0 radical (unpaired) electrons. The first kappa shape index (κ1) is 22.5.